The van der Waals surface area contributed by atoms with Crippen LogP contribution < -0.4 is 11.0 Å². The number of aromatic nitrogens is 3. The molecule has 0 saturated carbocycles. The molecule has 0 spiro atoms. The minimum atomic E-state index is -0.166. The Hall–Kier alpha value is -1.93. The molecule has 0 fully saturated rings. The van der Waals surface area contributed by atoms with Crippen molar-refractivity contribution in [2.24, 2.45) is 0 Å². The lowest BCUT2D eigenvalue weighted by Gasteiger charge is -2.20. The molecule has 0 aromatic carbocycles. The molecule has 0 bridgehead atoms. The summed E-state index contributed by atoms with van der Waals surface area (Å²) in [5, 5.41) is 3.51. The number of rotatable bonds is 4. The molecule has 23 heavy (non-hydrogen) atoms. The van der Waals surface area contributed by atoms with Gasteiger partial charge in [0.05, 0.1) is 5.69 Å². The lowest BCUT2D eigenvalue weighted by Crippen LogP contribution is -2.25. The van der Waals surface area contributed by atoms with Crippen LogP contribution in [0.2, 0.25) is 0 Å². The molecule has 1 aliphatic rings. The zero-order valence-corrected chi connectivity index (χ0v) is 14.4. The normalized spacial score (nSPS) is 14.7. The topological polar surface area (TPSA) is 83.0 Å². The number of likely N-dealkylation sites (N-methyl/N-ethyl adjacent to an activating group) is 1. The Morgan fingerprint density at radius 1 is 1.43 bits per heavy atom. The summed E-state index contributed by atoms with van der Waals surface area (Å²) in [4.78, 5) is 34.6. The highest BCUT2D eigenvalue weighted by atomic mass is 32.1. The number of imidazole rings is 1. The molecule has 0 aliphatic carbocycles. The van der Waals surface area contributed by atoms with Crippen LogP contribution in [0.1, 0.15) is 28.4 Å². The Morgan fingerprint density at radius 3 is 2.91 bits per heavy atom. The number of H-pyrrole nitrogens is 1. The summed E-state index contributed by atoms with van der Waals surface area (Å²) in [6.45, 7) is 5.98. The maximum atomic E-state index is 12.1. The fourth-order valence-corrected chi connectivity index (χ4v) is 3.82. The number of nitrogens with one attached hydrogen (secondary N) is 2. The molecule has 2 aromatic rings. The first-order chi connectivity index (χ1) is 10.9. The predicted octanol–water partition coefficient (Wildman–Crippen LogP) is 1.27. The zero-order chi connectivity index (χ0) is 16.6. The SMILES string of the molecule is Cc1[nH]c(=O)n(CCC(=O)Nc2nc3c(s2)CN(C)CC3)c1C. The molecular weight excluding hydrogens is 314 g/mol. The predicted molar refractivity (Wildman–Crippen MR) is 89.9 cm³/mol. The molecule has 2 N–H and O–H groups in total. The monoisotopic (exact) mass is 335 g/mol. The third-order valence-corrected chi connectivity index (χ3v) is 5.22. The van der Waals surface area contributed by atoms with Crippen LogP contribution in [0.4, 0.5) is 5.13 Å². The molecule has 1 aliphatic heterocycles. The van der Waals surface area contributed by atoms with Crippen molar-refractivity contribution in [3.05, 3.63) is 32.4 Å². The summed E-state index contributed by atoms with van der Waals surface area (Å²) in [7, 11) is 2.08. The largest absolute Gasteiger partial charge is 0.325 e. The summed E-state index contributed by atoms with van der Waals surface area (Å²) in [5.41, 5.74) is 2.64. The average molecular weight is 335 g/mol. The fraction of sp³-hybridized carbons (Fsp3) is 0.533. The molecule has 8 heteroatoms. The van der Waals surface area contributed by atoms with Crippen molar-refractivity contribution in [2.75, 3.05) is 18.9 Å². The van der Waals surface area contributed by atoms with E-state index in [0.717, 1.165) is 36.6 Å². The molecule has 1 amide bonds. The van der Waals surface area contributed by atoms with E-state index in [-0.39, 0.29) is 18.0 Å². The molecule has 124 valence electrons. The van der Waals surface area contributed by atoms with Crippen LogP contribution in [0.3, 0.4) is 0 Å². The molecule has 0 radical (unpaired) electrons. The van der Waals surface area contributed by atoms with Crippen LogP contribution in [-0.4, -0.2) is 38.9 Å². The lowest BCUT2D eigenvalue weighted by molar-refractivity contribution is -0.116. The number of aryl methyl sites for hydroxylation is 1. The van der Waals surface area contributed by atoms with E-state index in [1.54, 1.807) is 15.9 Å². The van der Waals surface area contributed by atoms with E-state index in [1.165, 1.54) is 4.88 Å². The van der Waals surface area contributed by atoms with E-state index in [0.29, 0.717) is 11.7 Å². The van der Waals surface area contributed by atoms with Gasteiger partial charge in [-0.3, -0.25) is 9.36 Å². The third-order valence-electron chi connectivity index (χ3n) is 4.22. The van der Waals surface area contributed by atoms with E-state index < -0.39 is 0 Å². The molecule has 0 unspecified atom stereocenters. The van der Waals surface area contributed by atoms with Gasteiger partial charge in [0.1, 0.15) is 0 Å². The minimum absolute atomic E-state index is 0.116. The Kier molecular flexibility index (Phi) is 4.36. The van der Waals surface area contributed by atoms with Gasteiger partial charge in [-0.05, 0) is 20.9 Å². The van der Waals surface area contributed by atoms with Crippen LogP contribution in [-0.2, 0) is 24.3 Å². The molecule has 2 aromatic heterocycles. The molecule has 0 saturated heterocycles. The first-order valence-electron chi connectivity index (χ1n) is 7.67. The Labute approximate surface area is 138 Å². The highest BCUT2D eigenvalue weighted by Crippen LogP contribution is 2.27. The molecule has 0 atom stereocenters. The second-order valence-electron chi connectivity index (χ2n) is 5.97. The standard InChI is InChI=1S/C15H21N5O2S/c1-9-10(2)20(15(22)16-9)7-5-13(21)18-14-17-11-4-6-19(3)8-12(11)23-14/h4-8H2,1-3H3,(H,16,22)(H,17,18,21). The second kappa shape index (κ2) is 6.29. The Balaban J connectivity index is 1.61. The number of hydrogen-bond acceptors (Lipinski definition) is 5. The number of amides is 1. The number of carbonyl (C=O) groups excluding carboxylic acids is 1. The van der Waals surface area contributed by atoms with Crippen molar-refractivity contribution >= 4 is 22.4 Å². The van der Waals surface area contributed by atoms with Crippen LogP contribution in [0, 0.1) is 13.8 Å². The smallest absolute Gasteiger partial charge is 0.310 e. The van der Waals surface area contributed by atoms with Gasteiger partial charge in [0.15, 0.2) is 5.13 Å². The first kappa shape index (κ1) is 15.9. The van der Waals surface area contributed by atoms with Crippen LogP contribution in [0.5, 0.6) is 0 Å². The number of anilines is 1. The summed E-state index contributed by atoms with van der Waals surface area (Å²) in [5.74, 6) is -0.116. The van der Waals surface area contributed by atoms with Crippen molar-refractivity contribution in [1.82, 2.24) is 19.4 Å². The van der Waals surface area contributed by atoms with E-state index in [9.17, 15) is 9.59 Å². The van der Waals surface area contributed by atoms with Crippen LogP contribution >= 0.6 is 11.3 Å². The van der Waals surface area contributed by atoms with E-state index in [1.807, 2.05) is 13.8 Å². The second-order valence-corrected chi connectivity index (χ2v) is 7.05. The number of fused-ring (bicyclic) bond motifs is 1. The van der Waals surface area contributed by atoms with Crippen LogP contribution in [0.25, 0.3) is 0 Å². The van der Waals surface area contributed by atoms with Gasteiger partial charge in [0, 0.05) is 48.7 Å². The van der Waals surface area contributed by atoms with Crippen molar-refractivity contribution in [3.63, 3.8) is 0 Å². The van der Waals surface area contributed by atoms with Crippen molar-refractivity contribution in [3.8, 4) is 0 Å². The van der Waals surface area contributed by atoms with Gasteiger partial charge in [-0.2, -0.15) is 0 Å². The minimum Gasteiger partial charge on any atom is -0.310 e. The van der Waals surface area contributed by atoms with Gasteiger partial charge in [-0.1, -0.05) is 0 Å². The lowest BCUT2D eigenvalue weighted by atomic mass is 10.2. The molecule has 3 heterocycles. The van der Waals surface area contributed by atoms with Crippen LogP contribution in [0.15, 0.2) is 4.79 Å². The van der Waals surface area contributed by atoms with Gasteiger partial charge in [0.2, 0.25) is 5.91 Å². The fourth-order valence-electron chi connectivity index (χ4n) is 2.71. The molecule has 3 rings (SSSR count). The number of thiazole rings is 1. The Bertz CT molecular complexity index is 788. The van der Waals surface area contributed by atoms with Gasteiger partial charge < -0.3 is 15.2 Å². The first-order valence-corrected chi connectivity index (χ1v) is 8.48. The van der Waals surface area contributed by atoms with Crippen molar-refractivity contribution in [1.29, 1.82) is 0 Å². The number of carbonyl (C=O) groups is 1. The van der Waals surface area contributed by atoms with Gasteiger partial charge in [-0.15, -0.1) is 11.3 Å². The maximum absolute atomic E-state index is 12.1. The third kappa shape index (κ3) is 3.37. The molecular formula is C15H21N5O2S. The van der Waals surface area contributed by atoms with Gasteiger partial charge >= 0.3 is 5.69 Å². The summed E-state index contributed by atoms with van der Waals surface area (Å²) < 4.78 is 1.59. The Morgan fingerprint density at radius 2 is 2.22 bits per heavy atom. The van der Waals surface area contributed by atoms with Crippen molar-refractivity contribution < 1.29 is 4.79 Å². The highest BCUT2D eigenvalue weighted by Gasteiger charge is 2.19. The number of nitrogens with zero attached hydrogens (tertiary/aromatic N) is 3. The summed E-state index contributed by atoms with van der Waals surface area (Å²) in [6, 6.07) is 0. The average Bonchev–Trinajstić information content (AvgIpc) is 2.98. The highest BCUT2D eigenvalue weighted by molar-refractivity contribution is 7.15. The van der Waals surface area contributed by atoms with Gasteiger partial charge in [0.25, 0.3) is 0 Å². The maximum Gasteiger partial charge on any atom is 0.325 e. The van der Waals surface area contributed by atoms with E-state index in [2.05, 4.69) is 27.2 Å². The van der Waals surface area contributed by atoms with Gasteiger partial charge in [-0.25, -0.2) is 9.78 Å². The van der Waals surface area contributed by atoms with E-state index >= 15 is 0 Å². The number of aromatic amines is 1. The molecule has 7 nitrogen and oxygen atoms in total. The zero-order valence-electron chi connectivity index (χ0n) is 13.6. The van der Waals surface area contributed by atoms with Crippen molar-refractivity contribution in [2.45, 2.75) is 39.8 Å². The van der Waals surface area contributed by atoms with E-state index in [4.69, 9.17) is 0 Å². The summed E-state index contributed by atoms with van der Waals surface area (Å²) >= 11 is 1.54. The number of hydrogen-bond donors (Lipinski definition) is 2. The summed E-state index contributed by atoms with van der Waals surface area (Å²) in [6.07, 6.45) is 1.18. The quantitative estimate of drug-likeness (QED) is 0.881.